The van der Waals surface area contributed by atoms with Crippen molar-refractivity contribution >= 4 is 5.91 Å². The van der Waals surface area contributed by atoms with E-state index in [4.69, 9.17) is 5.73 Å². The molecule has 2 saturated heterocycles. The van der Waals surface area contributed by atoms with Crippen LogP contribution in [-0.2, 0) is 4.79 Å². The smallest absolute Gasteiger partial charge is 0.236 e. The highest BCUT2D eigenvalue weighted by Crippen LogP contribution is 2.20. The van der Waals surface area contributed by atoms with Gasteiger partial charge in [-0.15, -0.1) is 0 Å². The molecule has 1 amide bonds. The molecule has 4 nitrogen and oxygen atoms in total. The first-order valence-electron chi connectivity index (χ1n) is 7.35. The van der Waals surface area contributed by atoms with Crippen molar-refractivity contribution in [1.82, 2.24) is 9.80 Å². The number of hydrogen-bond acceptors (Lipinski definition) is 3. The van der Waals surface area contributed by atoms with Crippen molar-refractivity contribution in [3.05, 3.63) is 0 Å². The van der Waals surface area contributed by atoms with Gasteiger partial charge < -0.3 is 10.6 Å². The van der Waals surface area contributed by atoms with E-state index in [1.54, 1.807) is 0 Å². The van der Waals surface area contributed by atoms with E-state index in [0.717, 1.165) is 26.1 Å². The van der Waals surface area contributed by atoms with Crippen molar-refractivity contribution in [2.24, 2.45) is 11.7 Å². The minimum atomic E-state index is 0.200. The fourth-order valence-electron chi connectivity index (χ4n) is 3.17. The molecule has 2 rings (SSSR count). The molecule has 0 aliphatic carbocycles. The van der Waals surface area contributed by atoms with Gasteiger partial charge in [-0.3, -0.25) is 9.69 Å². The topological polar surface area (TPSA) is 49.6 Å². The summed E-state index contributed by atoms with van der Waals surface area (Å²) in [6.07, 6.45) is 4.74. The summed E-state index contributed by atoms with van der Waals surface area (Å²) in [7, 11) is 0. The highest BCUT2D eigenvalue weighted by molar-refractivity contribution is 5.78. The van der Waals surface area contributed by atoms with Crippen LogP contribution in [0, 0.1) is 5.92 Å². The van der Waals surface area contributed by atoms with Gasteiger partial charge in [0.25, 0.3) is 0 Å². The molecule has 2 fully saturated rings. The third-order valence-electron chi connectivity index (χ3n) is 4.58. The van der Waals surface area contributed by atoms with Crippen LogP contribution >= 0.6 is 0 Å². The average Bonchev–Trinajstić information content (AvgIpc) is 2.75. The number of nitrogens with two attached hydrogens (primary N) is 1. The summed E-state index contributed by atoms with van der Waals surface area (Å²) in [6, 6.07) is 0.772. The number of amides is 1. The van der Waals surface area contributed by atoms with E-state index in [9.17, 15) is 4.79 Å². The number of likely N-dealkylation sites (tertiary alicyclic amines) is 2. The molecule has 0 radical (unpaired) electrons. The molecule has 4 heteroatoms. The fourth-order valence-corrected chi connectivity index (χ4v) is 3.17. The van der Waals surface area contributed by atoms with Crippen molar-refractivity contribution in [3.63, 3.8) is 0 Å². The minimum absolute atomic E-state index is 0.200. The normalized spacial score (nSPS) is 31.6. The lowest BCUT2D eigenvalue weighted by atomic mass is 9.92. The van der Waals surface area contributed by atoms with Crippen LogP contribution in [-0.4, -0.2) is 54.0 Å². The summed E-state index contributed by atoms with van der Waals surface area (Å²) in [5.74, 6) is 0.785. The molecule has 0 aromatic heterocycles. The van der Waals surface area contributed by atoms with Crippen LogP contribution in [0.3, 0.4) is 0 Å². The van der Waals surface area contributed by atoms with E-state index in [1.165, 1.54) is 19.3 Å². The number of carbonyl (C=O) groups is 1. The van der Waals surface area contributed by atoms with Crippen molar-refractivity contribution in [2.75, 3.05) is 26.2 Å². The molecule has 2 N–H and O–H groups in total. The predicted molar refractivity (Wildman–Crippen MR) is 73.2 cm³/mol. The first-order valence-corrected chi connectivity index (χ1v) is 7.35. The van der Waals surface area contributed by atoms with E-state index >= 15 is 0 Å². The molecule has 0 unspecified atom stereocenters. The van der Waals surface area contributed by atoms with Crippen LogP contribution in [0.5, 0.6) is 0 Å². The Morgan fingerprint density at radius 2 is 2.06 bits per heavy atom. The Balaban J connectivity index is 1.84. The van der Waals surface area contributed by atoms with E-state index in [-0.39, 0.29) is 6.04 Å². The number of rotatable bonds is 3. The molecule has 18 heavy (non-hydrogen) atoms. The van der Waals surface area contributed by atoms with Gasteiger partial charge in [0.15, 0.2) is 0 Å². The van der Waals surface area contributed by atoms with E-state index in [0.29, 0.717) is 24.4 Å². The zero-order chi connectivity index (χ0) is 13.1. The monoisotopic (exact) mass is 253 g/mol. The molecule has 0 saturated carbocycles. The molecular weight excluding hydrogens is 226 g/mol. The maximum atomic E-state index is 12.3. The number of hydrogen-bond donors (Lipinski definition) is 1. The Hall–Kier alpha value is -0.610. The van der Waals surface area contributed by atoms with Gasteiger partial charge in [-0.2, -0.15) is 0 Å². The SMILES string of the molecule is C[C@H](N)[C@@H]1CCCN(C(=O)CN2CCC[C@H]2C)C1. The summed E-state index contributed by atoms with van der Waals surface area (Å²) in [6.45, 7) is 7.75. The van der Waals surface area contributed by atoms with E-state index in [2.05, 4.69) is 18.7 Å². The maximum absolute atomic E-state index is 12.3. The second-order valence-electron chi connectivity index (χ2n) is 6.06. The van der Waals surface area contributed by atoms with Crippen LogP contribution in [0.4, 0.5) is 0 Å². The lowest BCUT2D eigenvalue weighted by molar-refractivity contribution is -0.134. The second-order valence-corrected chi connectivity index (χ2v) is 6.06. The fraction of sp³-hybridized carbons (Fsp3) is 0.929. The van der Waals surface area contributed by atoms with Gasteiger partial charge in [-0.25, -0.2) is 0 Å². The van der Waals surface area contributed by atoms with Gasteiger partial charge in [-0.1, -0.05) is 0 Å². The minimum Gasteiger partial charge on any atom is -0.341 e. The molecule has 0 aromatic carbocycles. The summed E-state index contributed by atoms with van der Waals surface area (Å²) < 4.78 is 0. The molecule has 104 valence electrons. The van der Waals surface area contributed by atoms with Crippen molar-refractivity contribution in [1.29, 1.82) is 0 Å². The highest BCUT2D eigenvalue weighted by atomic mass is 16.2. The lowest BCUT2D eigenvalue weighted by Crippen LogP contribution is -2.48. The molecular formula is C14H27N3O. The summed E-state index contributed by atoms with van der Waals surface area (Å²) in [5.41, 5.74) is 5.97. The van der Waals surface area contributed by atoms with Gasteiger partial charge in [0.2, 0.25) is 5.91 Å². The standard InChI is InChI=1S/C14H27N3O/c1-11-5-3-7-16(11)10-14(18)17-8-4-6-13(9-17)12(2)15/h11-13H,3-10,15H2,1-2H3/t11-,12+,13-/m1/s1. The first kappa shape index (κ1) is 13.8. The zero-order valence-electron chi connectivity index (χ0n) is 11.8. The maximum Gasteiger partial charge on any atom is 0.236 e. The first-order chi connectivity index (χ1) is 8.58. The number of nitrogens with zero attached hydrogens (tertiary/aromatic N) is 2. The third kappa shape index (κ3) is 3.23. The molecule has 2 aliphatic heterocycles. The van der Waals surface area contributed by atoms with Gasteiger partial charge in [0.1, 0.15) is 0 Å². The van der Waals surface area contributed by atoms with E-state index in [1.807, 2.05) is 4.90 Å². The zero-order valence-corrected chi connectivity index (χ0v) is 11.8. The Bertz CT molecular complexity index is 293. The summed E-state index contributed by atoms with van der Waals surface area (Å²) in [4.78, 5) is 16.7. The molecule has 0 spiro atoms. The molecule has 2 heterocycles. The summed E-state index contributed by atoms with van der Waals surface area (Å²) in [5, 5.41) is 0. The van der Waals surface area contributed by atoms with Crippen LogP contribution in [0.15, 0.2) is 0 Å². The number of carbonyl (C=O) groups excluding carboxylic acids is 1. The van der Waals surface area contributed by atoms with Crippen LogP contribution < -0.4 is 5.73 Å². The quantitative estimate of drug-likeness (QED) is 0.818. The van der Waals surface area contributed by atoms with Crippen LogP contribution in [0.1, 0.15) is 39.5 Å². The van der Waals surface area contributed by atoms with Gasteiger partial charge in [0, 0.05) is 25.2 Å². The predicted octanol–water partition coefficient (Wildman–Crippen LogP) is 1.06. The number of piperidine rings is 1. The Labute approximate surface area is 110 Å². The Kier molecular flexibility index (Phi) is 4.62. The average molecular weight is 253 g/mol. The van der Waals surface area contributed by atoms with Gasteiger partial charge >= 0.3 is 0 Å². The Morgan fingerprint density at radius 3 is 2.67 bits per heavy atom. The van der Waals surface area contributed by atoms with Gasteiger partial charge in [0.05, 0.1) is 6.54 Å². The largest absolute Gasteiger partial charge is 0.341 e. The molecule has 0 bridgehead atoms. The van der Waals surface area contributed by atoms with Crippen LogP contribution in [0.2, 0.25) is 0 Å². The third-order valence-corrected chi connectivity index (χ3v) is 4.58. The Morgan fingerprint density at radius 1 is 1.33 bits per heavy atom. The van der Waals surface area contributed by atoms with Crippen molar-refractivity contribution in [2.45, 2.75) is 51.6 Å². The highest BCUT2D eigenvalue weighted by Gasteiger charge is 2.28. The molecule has 0 aromatic rings. The molecule has 3 atom stereocenters. The van der Waals surface area contributed by atoms with Crippen molar-refractivity contribution < 1.29 is 4.79 Å². The van der Waals surface area contributed by atoms with Gasteiger partial charge in [-0.05, 0) is 52.0 Å². The lowest BCUT2D eigenvalue weighted by Gasteiger charge is -2.35. The molecule has 2 aliphatic rings. The second kappa shape index (κ2) is 6.02. The summed E-state index contributed by atoms with van der Waals surface area (Å²) >= 11 is 0. The van der Waals surface area contributed by atoms with Crippen LogP contribution in [0.25, 0.3) is 0 Å². The van der Waals surface area contributed by atoms with E-state index < -0.39 is 0 Å². The van der Waals surface area contributed by atoms with Crippen molar-refractivity contribution in [3.8, 4) is 0 Å².